The van der Waals surface area contributed by atoms with Crippen molar-refractivity contribution in [2.45, 2.75) is 31.6 Å². The van der Waals surface area contributed by atoms with Crippen LogP contribution in [-0.4, -0.2) is 87.5 Å². The van der Waals surface area contributed by atoms with Gasteiger partial charge < -0.3 is 19.3 Å². The molecule has 0 aliphatic carbocycles. The smallest absolute Gasteiger partial charge is 0.409 e. The van der Waals surface area contributed by atoms with E-state index in [1.165, 1.54) is 4.31 Å². The molecule has 0 aromatic heterocycles. The van der Waals surface area contributed by atoms with E-state index in [1.807, 2.05) is 0 Å². The summed E-state index contributed by atoms with van der Waals surface area (Å²) in [6, 6.07) is 4.80. The molecule has 0 spiro atoms. The van der Waals surface area contributed by atoms with E-state index in [0.717, 1.165) is 5.56 Å². The highest BCUT2D eigenvalue weighted by molar-refractivity contribution is 7.89. The maximum atomic E-state index is 13.2. The van der Waals surface area contributed by atoms with Crippen molar-refractivity contribution in [3.63, 3.8) is 0 Å². The van der Waals surface area contributed by atoms with Gasteiger partial charge in [0.1, 0.15) is 5.75 Å². The molecule has 2 aliphatic rings. The lowest BCUT2D eigenvalue weighted by Gasteiger charge is -2.38. The third-order valence-corrected chi connectivity index (χ3v) is 7.72. The molecule has 0 N–H and O–H groups in total. The molecule has 0 saturated carbocycles. The molecule has 1 aromatic carbocycles. The average Bonchev–Trinajstić information content (AvgIpc) is 2.79. The summed E-state index contributed by atoms with van der Waals surface area (Å²) >= 11 is 0. The Morgan fingerprint density at radius 1 is 1.10 bits per heavy atom. The number of rotatable bonds is 5. The molecule has 2 heterocycles. The molecule has 9 nitrogen and oxygen atoms in total. The number of piperidine rings is 1. The Hall–Kier alpha value is -2.33. The summed E-state index contributed by atoms with van der Waals surface area (Å²) in [6.45, 7) is 6.15. The van der Waals surface area contributed by atoms with Crippen LogP contribution >= 0.6 is 0 Å². The molecule has 0 bridgehead atoms. The molecule has 0 radical (unpaired) electrons. The molecule has 0 unspecified atom stereocenters. The fourth-order valence-corrected chi connectivity index (χ4v) is 5.71. The van der Waals surface area contributed by atoms with Gasteiger partial charge in [0.05, 0.1) is 24.5 Å². The van der Waals surface area contributed by atoms with E-state index in [4.69, 9.17) is 9.47 Å². The number of benzene rings is 1. The summed E-state index contributed by atoms with van der Waals surface area (Å²) in [4.78, 5) is 28.4. The van der Waals surface area contributed by atoms with Gasteiger partial charge >= 0.3 is 6.09 Å². The molecule has 172 valence electrons. The maximum absolute atomic E-state index is 13.2. The topological polar surface area (TPSA) is 96.5 Å². The fourth-order valence-electron chi connectivity index (χ4n) is 4.11. The van der Waals surface area contributed by atoms with Crippen molar-refractivity contribution in [3.05, 3.63) is 23.8 Å². The first-order chi connectivity index (χ1) is 14.8. The fraction of sp³-hybridized carbons (Fsp3) is 0.619. The molecular formula is C21H31N3O6S. The number of aryl methyl sites for hydroxylation is 1. The van der Waals surface area contributed by atoms with Crippen LogP contribution < -0.4 is 4.74 Å². The van der Waals surface area contributed by atoms with Crippen molar-refractivity contribution >= 4 is 22.0 Å². The van der Waals surface area contributed by atoms with Crippen LogP contribution in [0.4, 0.5) is 4.79 Å². The molecular weight excluding hydrogens is 422 g/mol. The van der Waals surface area contributed by atoms with E-state index in [1.54, 1.807) is 49.0 Å². The van der Waals surface area contributed by atoms with Crippen LogP contribution in [0, 0.1) is 12.8 Å². The number of ether oxygens (including phenoxy) is 2. The highest BCUT2D eigenvalue weighted by atomic mass is 32.2. The Morgan fingerprint density at radius 2 is 1.77 bits per heavy atom. The molecule has 2 fully saturated rings. The highest BCUT2D eigenvalue weighted by Gasteiger charge is 2.36. The zero-order valence-electron chi connectivity index (χ0n) is 18.4. The monoisotopic (exact) mass is 453 g/mol. The minimum Gasteiger partial charge on any atom is -0.496 e. The van der Waals surface area contributed by atoms with Crippen molar-refractivity contribution in [1.82, 2.24) is 14.1 Å². The number of nitrogens with zero attached hydrogens (tertiary/aromatic N) is 3. The zero-order valence-corrected chi connectivity index (χ0v) is 19.2. The van der Waals surface area contributed by atoms with Crippen LogP contribution in [0.3, 0.4) is 0 Å². The highest BCUT2D eigenvalue weighted by Crippen LogP contribution is 2.28. The number of carbonyl (C=O) groups is 2. The van der Waals surface area contributed by atoms with Gasteiger partial charge in [0.2, 0.25) is 15.9 Å². The Kier molecular flexibility index (Phi) is 7.42. The summed E-state index contributed by atoms with van der Waals surface area (Å²) in [5.74, 6) is 0.207. The van der Waals surface area contributed by atoms with Gasteiger partial charge in [-0.2, -0.15) is 4.31 Å². The van der Waals surface area contributed by atoms with Gasteiger partial charge in [-0.3, -0.25) is 4.79 Å². The third kappa shape index (κ3) is 5.12. The van der Waals surface area contributed by atoms with Gasteiger partial charge in [0.15, 0.2) is 0 Å². The van der Waals surface area contributed by atoms with E-state index in [-0.39, 0.29) is 29.4 Å². The van der Waals surface area contributed by atoms with Crippen LogP contribution in [0.15, 0.2) is 23.1 Å². The maximum Gasteiger partial charge on any atom is 0.409 e. The lowest BCUT2D eigenvalue weighted by atomic mass is 9.98. The number of hydrogen-bond donors (Lipinski definition) is 0. The quantitative estimate of drug-likeness (QED) is 0.673. The molecule has 2 saturated heterocycles. The standard InChI is InChI=1S/C21H31N3O6S/c1-4-30-21(26)23-12-10-22(11-13-23)20(25)17-6-5-9-24(15-17)31(27,28)18-7-8-19(29-3)16(2)14-18/h7-8,14,17H,4-6,9-13,15H2,1-3H3/t17-/m0/s1. The summed E-state index contributed by atoms with van der Waals surface area (Å²) in [5.41, 5.74) is 0.743. The molecule has 2 amide bonds. The normalized spacial score (nSPS) is 20.4. The number of sulfonamides is 1. The number of methoxy groups -OCH3 is 1. The van der Waals surface area contributed by atoms with Gasteiger partial charge in [0, 0.05) is 39.3 Å². The van der Waals surface area contributed by atoms with Crippen molar-refractivity contribution < 1.29 is 27.5 Å². The minimum absolute atomic E-state index is 0.0469. The molecule has 1 atom stereocenters. The second-order valence-electron chi connectivity index (χ2n) is 7.84. The van der Waals surface area contributed by atoms with E-state index >= 15 is 0 Å². The summed E-state index contributed by atoms with van der Waals surface area (Å²) < 4.78 is 38.0. The number of carbonyl (C=O) groups excluding carboxylic acids is 2. The van der Waals surface area contributed by atoms with Crippen LogP contribution in [0.5, 0.6) is 5.75 Å². The molecule has 1 aromatic rings. The number of hydrogen-bond acceptors (Lipinski definition) is 6. The van der Waals surface area contributed by atoms with E-state index < -0.39 is 10.0 Å². The van der Waals surface area contributed by atoms with Gasteiger partial charge in [-0.05, 0) is 50.5 Å². The molecule has 2 aliphatic heterocycles. The van der Waals surface area contributed by atoms with Crippen molar-refractivity contribution in [2.75, 3.05) is 53.0 Å². The summed E-state index contributed by atoms with van der Waals surface area (Å²) in [7, 11) is -2.15. The van der Waals surface area contributed by atoms with Crippen LogP contribution in [0.2, 0.25) is 0 Å². The Labute approximate surface area is 183 Å². The van der Waals surface area contributed by atoms with Crippen LogP contribution in [0.1, 0.15) is 25.3 Å². The van der Waals surface area contributed by atoms with Crippen molar-refractivity contribution in [3.8, 4) is 5.75 Å². The average molecular weight is 454 g/mol. The predicted octanol–water partition coefficient (Wildman–Crippen LogP) is 1.71. The largest absolute Gasteiger partial charge is 0.496 e. The van der Waals surface area contributed by atoms with Crippen LogP contribution in [0.25, 0.3) is 0 Å². The zero-order chi connectivity index (χ0) is 22.6. The summed E-state index contributed by atoms with van der Waals surface area (Å²) in [5, 5.41) is 0. The van der Waals surface area contributed by atoms with Gasteiger partial charge in [0.25, 0.3) is 0 Å². The predicted molar refractivity (Wildman–Crippen MR) is 114 cm³/mol. The SMILES string of the molecule is CCOC(=O)N1CCN(C(=O)[C@H]2CCCN(S(=O)(=O)c3ccc(OC)c(C)c3)C2)CC1. The van der Waals surface area contributed by atoms with E-state index in [2.05, 4.69) is 0 Å². The van der Waals surface area contributed by atoms with Gasteiger partial charge in [-0.1, -0.05) is 0 Å². The minimum atomic E-state index is -3.70. The van der Waals surface area contributed by atoms with Gasteiger partial charge in [-0.25, -0.2) is 13.2 Å². The van der Waals surface area contributed by atoms with Gasteiger partial charge in [-0.15, -0.1) is 0 Å². The second kappa shape index (κ2) is 9.86. The number of piperazine rings is 1. The first-order valence-corrected chi connectivity index (χ1v) is 12.1. The molecule has 3 rings (SSSR count). The third-order valence-electron chi connectivity index (χ3n) is 5.85. The second-order valence-corrected chi connectivity index (χ2v) is 9.78. The lowest BCUT2D eigenvalue weighted by Crippen LogP contribution is -2.54. The Bertz CT molecular complexity index is 912. The lowest BCUT2D eigenvalue weighted by molar-refractivity contribution is -0.138. The van der Waals surface area contributed by atoms with E-state index in [0.29, 0.717) is 57.9 Å². The molecule has 31 heavy (non-hydrogen) atoms. The van der Waals surface area contributed by atoms with Crippen LogP contribution in [-0.2, 0) is 19.6 Å². The van der Waals surface area contributed by atoms with Crippen molar-refractivity contribution in [2.24, 2.45) is 5.92 Å². The first-order valence-electron chi connectivity index (χ1n) is 10.6. The van der Waals surface area contributed by atoms with Crippen molar-refractivity contribution in [1.29, 1.82) is 0 Å². The van der Waals surface area contributed by atoms with E-state index in [9.17, 15) is 18.0 Å². The number of amides is 2. The first kappa shape index (κ1) is 23.3. The molecule has 10 heteroatoms. The summed E-state index contributed by atoms with van der Waals surface area (Å²) in [6.07, 6.45) is 0.928. The Morgan fingerprint density at radius 3 is 2.39 bits per heavy atom. The Balaban J connectivity index is 1.64.